The Morgan fingerprint density at radius 3 is 1.81 bits per heavy atom. The molecule has 3 rings (SSSR count). The summed E-state index contributed by atoms with van der Waals surface area (Å²) in [4.78, 5) is 10.1. The van der Waals surface area contributed by atoms with E-state index in [0.717, 1.165) is 11.1 Å². The number of nitrogens with zero attached hydrogens (tertiary/aromatic N) is 1. The number of hydrogen-bond donors (Lipinski definition) is 1. The van der Waals surface area contributed by atoms with Crippen LogP contribution in [-0.2, 0) is 10.0 Å². The zero-order chi connectivity index (χ0) is 19.3. The molecule has 0 bridgehead atoms. The van der Waals surface area contributed by atoms with Crippen LogP contribution in [0, 0.1) is 10.1 Å². The molecule has 0 saturated heterocycles. The number of sulfonamides is 1. The number of nitro groups is 1. The van der Waals surface area contributed by atoms with Crippen LogP contribution < -0.4 is 4.72 Å². The third kappa shape index (κ3) is 4.39. The summed E-state index contributed by atoms with van der Waals surface area (Å²) in [6, 6.07) is 24.4. The first kappa shape index (κ1) is 18.8. The first-order valence-corrected chi connectivity index (χ1v) is 9.80. The van der Waals surface area contributed by atoms with Gasteiger partial charge in [0.25, 0.3) is 5.69 Å². The molecule has 0 atom stereocenters. The molecule has 138 valence electrons. The lowest BCUT2D eigenvalue weighted by molar-refractivity contribution is -0.387. The van der Waals surface area contributed by atoms with E-state index in [2.05, 4.69) is 4.72 Å². The second-order valence-corrected chi connectivity index (χ2v) is 7.69. The Kier molecular flexibility index (Phi) is 5.63. The van der Waals surface area contributed by atoms with Gasteiger partial charge in [-0.1, -0.05) is 72.8 Å². The maximum Gasteiger partial charge on any atom is 0.289 e. The van der Waals surface area contributed by atoms with Gasteiger partial charge in [-0.15, -0.1) is 0 Å². The molecule has 0 amide bonds. The molecule has 0 aliphatic heterocycles. The van der Waals surface area contributed by atoms with Crippen LogP contribution in [0.2, 0.25) is 0 Å². The second kappa shape index (κ2) is 8.11. The van der Waals surface area contributed by atoms with Crippen LogP contribution in [0.15, 0.2) is 89.8 Å². The van der Waals surface area contributed by atoms with Crippen LogP contribution in [0.3, 0.4) is 0 Å². The van der Waals surface area contributed by atoms with Gasteiger partial charge in [-0.2, -0.15) is 0 Å². The minimum absolute atomic E-state index is 0.0857. The Morgan fingerprint density at radius 2 is 1.30 bits per heavy atom. The molecule has 0 saturated carbocycles. The first-order valence-electron chi connectivity index (χ1n) is 8.32. The van der Waals surface area contributed by atoms with Gasteiger partial charge in [-0.05, 0) is 17.2 Å². The lowest BCUT2D eigenvalue weighted by Gasteiger charge is -2.19. The summed E-state index contributed by atoms with van der Waals surface area (Å²) < 4.78 is 28.0. The van der Waals surface area contributed by atoms with Crippen LogP contribution in [-0.4, -0.2) is 19.9 Å². The first-order chi connectivity index (χ1) is 13.0. The Labute approximate surface area is 157 Å². The Morgan fingerprint density at radius 1 is 0.815 bits per heavy atom. The molecule has 3 aromatic rings. The van der Waals surface area contributed by atoms with Crippen molar-refractivity contribution in [3.05, 3.63) is 106 Å². The van der Waals surface area contributed by atoms with Crippen molar-refractivity contribution >= 4 is 15.7 Å². The molecule has 0 fully saturated rings. The summed E-state index contributed by atoms with van der Waals surface area (Å²) in [7, 11) is -4.04. The van der Waals surface area contributed by atoms with Gasteiger partial charge in [0.1, 0.15) is 0 Å². The van der Waals surface area contributed by atoms with Crippen LogP contribution in [0.25, 0.3) is 0 Å². The number of nitro benzene ring substituents is 1. The van der Waals surface area contributed by atoms with Crippen LogP contribution >= 0.6 is 0 Å². The third-order valence-electron chi connectivity index (χ3n) is 4.23. The molecule has 0 spiro atoms. The van der Waals surface area contributed by atoms with E-state index in [1.807, 2.05) is 60.7 Å². The molecule has 0 aliphatic carbocycles. The Bertz CT molecular complexity index is 983. The Hall–Kier alpha value is -3.03. The quantitative estimate of drug-likeness (QED) is 0.498. The standard InChI is InChI=1S/C20H18N2O4S/c23-22(24)19-13-7-8-14-20(19)27(25,26)21-15-18(16-9-3-1-4-10-16)17-11-5-2-6-12-17/h1-14,18,21H,15H2. The van der Waals surface area contributed by atoms with Gasteiger partial charge in [-0.25, -0.2) is 13.1 Å². The summed E-state index contributed by atoms with van der Waals surface area (Å²) in [5, 5.41) is 11.2. The van der Waals surface area contributed by atoms with Crippen LogP contribution in [0.5, 0.6) is 0 Å². The van der Waals surface area contributed by atoms with Gasteiger partial charge >= 0.3 is 0 Å². The molecule has 3 aromatic carbocycles. The van der Waals surface area contributed by atoms with E-state index in [4.69, 9.17) is 0 Å². The number of nitrogens with one attached hydrogen (secondary N) is 1. The maximum absolute atomic E-state index is 12.7. The number of benzene rings is 3. The highest BCUT2D eigenvalue weighted by atomic mass is 32.2. The number of hydrogen-bond acceptors (Lipinski definition) is 4. The number of para-hydroxylation sites is 1. The monoisotopic (exact) mass is 382 g/mol. The average Bonchev–Trinajstić information content (AvgIpc) is 2.70. The van der Waals surface area contributed by atoms with Gasteiger partial charge in [0.05, 0.1) is 4.92 Å². The molecule has 0 heterocycles. The Balaban J connectivity index is 1.91. The summed E-state index contributed by atoms with van der Waals surface area (Å²) >= 11 is 0. The number of rotatable bonds is 7. The van der Waals surface area contributed by atoms with Crippen molar-refractivity contribution in [2.75, 3.05) is 6.54 Å². The molecule has 0 unspecified atom stereocenters. The van der Waals surface area contributed by atoms with Crippen LogP contribution in [0.1, 0.15) is 17.0 Å². The van der Waals surface area contributed by atoms with E-state index in [1.54, 1.807) is 0 Å². The fourth-order valence-electron chi connectivity index (χ4n) is 2.90. The van der Waals surface area contributed by atoms with E-state index >= 15 is 0 Å². The van der Waals surface area contributed by atoms with Gasteiger partial charge in [0, 0.05) is 18.5 Å². The van der Waals surface area contributed by atoms with E-state index in [0.29, 0.717) is 0 Å². The molecule has 0 radical (unpaired) electrons. The average molecular weight is 382 g/mol. The zero-order valence-corrected chi connectivity index (χ0v) is 15.2. The van der Waals surface area contributed by atoms with Crippen molar-refractivity contribution in [1.82, 2.24) is 4.72 Å². The van der Waals surface area contributed by atoms with E-state index < -0.39 is 20.6 Å². The summed E-state index contributed by atoms with van der Waals surface area (Å²) in [5.41, 5.74) is 1.46. The normalized spacial score (nSPS) is 11.4. The SMILES string of the molecule is O=[N+]([O-])c1ccccc1S(=O)(=O)NCC(c1ccccc1)c1ccccc1. The maximum atomic E-state index is 12.7. The van der Waals surface area contributed by atoms with Gasteiger partial charge in [0.15, 0.2) is 4.90 Å². The molecule has 27 heavy (non-hydrogen) atoms. The lowest BCUT2D eigenvalue weighted by atomic mass is 9.92. The summed E-state index contributed by atoms with van der Waals surface area (Å²) in [6.45, 7) is 0.0857. The van der Waals surface area contributed by atoms with Crippen molar-refractivity contribution in [3.8, 4) is 0 Å². The highest BCUT2D eigenvalue weighted by Crippen LogP contribution is 2.26. The zero-order valence-electron chi connectivity index (χ0n) is 14.4. The summed E-state index contributed by atoms with van der Waals surface area (Å²) in [5.74, 6) is -0.218. The molecule has 7 heteroatoms. The van der Waals surface area contributed by atoms with E-state index in [9.17, 15) is 18.5 Å². The molecule has 0 aliphatic rings. The predicted octanol–water partition coefficient (Wildman–Crippen LogP) is 3.71. The van der Waals surface area contributed by atoms with Gasteiger partial charge in [-0.3, -0.25) is 10.1 Å². The van der Waals surface area contributed by atoms with Crippen LogP contribution in [0.4, 0.5) is 5.69 Å². The third-order valence-corrected chi connectivity index (χ3v) is 5.70. The molecular formula is C20H18N2O4S. The van der Waals surface area contributed by atoms with E-state index in [-0.39, 0.29) is 17.4 Å². The predicted molar refractivity (Wildman–Crippen MR) is 103 cm³/mol. The fraction of sp³-hybridized carbons (Fsp3) is 0.100. The van der Waals surface area contributed by atoms with Crippen molar-refractivity contribution in [1.29, 1.82) is 0 Å². The lowest BCUT2D eigenvalue weighted by Crippen LogP contribution is -2.29. The van der Waals surface area contributed by atoms with E-state index in [1.165, 1.54) is 24.3 Å². The van der Waals surface area contributed by atoms with Gasteiger partial charge in [0.2, 0.25) is 10.0 Å². The molecule has 6 nitrogen and oxygen atoms in total. The van der Waals surface area contributed by atoms with Crippen molar-refractivity contribution in [2.24, 2.45) is 0 Å². The van der Waals surface area contributed by atoms with Crippen molar-refractivity contribution < 1.29 is 13.3 Å². The minimum Gasteiger partial charge on any atom is -0.258 e. The molecule has 0 aromatic heterocycles. The fourth-order valence-corrected chi connectivity index (χ4v) is 4.12. The minimum atomic E-state index is -4.04. The van der Waals surface area contributed by atoms with Gasteiger partial charge < -0.3 is 0 Å². The largest absolute Gasteiger partial charge is 0.289 e. The highest BCUT2D eigenvalue weighted by Gasteiger charge is 2.26. The topological polar surface area (TPSA) is 89.3 Å². The molecule has 1 N–H and O–H groups in total. The van der Waals surface area contributed by atoms with Crippen molar-refractivity contribution in [2.45, 2.75) is 10.8 Å². The smallest absolute Gasteiger partial charge is 0.258 e. The second-order valence-electron chi connectivity index (χ2n) is 5.95. The highest BCUT2D eigenvalue weighted by molar-refractivity contribution is 7.89. The van der Waals surface area contributed by atoms with Crippen molar-refractivity contribution in [3.63, 3.8) is 0 Å². The molecular weight excluding hydrogens is 364 g/mol. The summed E-state index contributed by atoms with van der Waals surface area (Å²) in [6.07, 6.45) is 0.